The first kappa shape index (κ1) is 9.25. The van der Waals surface area contributed by atoms with E-state index in [4.69, 9.17) is 0 Å². The van der Waals surface area contributed by atoms with Crippen LogP contribution in [0.3, 0.4) is 0 Å². The molecule has 4 heteroatoms. The summed E-state index contributed by atoms with van der Waals surface area (Å²) in [4.78, 5) is 9.48. The van der Waals surface area contributed by atoms with Gasteiger partial charge in [-0.05, 0) is 0 Å². The molecule has 6 heavy (non-hydrogen) atoms. The molecule has 0 aromatic carbocycles. The van der Waals surface area contributed by atoms with Gasteiger partial charge >= 0.3 is 6.03 Å². The summed E-state index contributed by atoms with van der Waals surface area (Å²) in [6.07, 6.45) is 0. The molecule has 0 atom stereocenters. The molecule has 0 aliphatic carbocycles. The van der Waals surface area contributed by atoms with Crippen LogP contribution in [0.15, 0.2) is 0 Å². The van der Waals surface area contributed by atoms with E-state index in [-0.39, 0.29) is 17.1 Å². The Kier molecular flexibility index (Phi) is 7.38. The molecule has 0 fully saturated rings. The number of nitrogens with two attached hydrogens (primary N) is 1. The molecule has 0 aliphatic rings. The summed E-state index contributed by atoms with van der Waals surface area (Å²) < 4.78 is 0. The van der Waals surface area contributed by atoms with Gasteiger partial charge in [0.15, 0.2) is 0 Å². The molecule has 3 N–H and O–H groups in total. The molecule has 0 rings (SSSR count). The number of hydrogen-bond donors (Lipinski definition) is 2. The molecular weight excluding hydrogens is 124 g/mol. The fraction of sp³-hybridized carbons (Fsp3) is 0.500. The van der Waals surface area contributed by atoms with Crippen LogP contribution < -0.4 is 11.1 Å². The van der Waals surface area contributed by atoms with Crippen molar-refractivity contribution in [3.05, 3.63) is 0 Å². The third kappa shape index (κ3) is 9.21. The van der Waals surface area contributed by atoms with Crippen molar-refractivity contribution in [2.24, 2.45) is 5.73 Å². The minimum absolute atomic E-state index is 0. The maximum Gasteiger partial charge on any atom is 0.311 e. The fourth-order valence-corrected chi connectivity index (χ4v) is 0. The normalized spacial score (nSPS) is 5.50. The summed E-state index contributed by atoms with van der Waals surface area (Å²) in [6.45, 7) is 0. The summed E-state index contributed by atoms with van der Waals surface area (Å²) in [5.74, 6) is 0. The molecule has 0 heterocycles. The van der Waals surface area contributed by atoms with Gasteiger partial charge in [0, 0.05) is 24.1 Å². The number of amides is 2. The molecule has 0 radical (unpaired) electrons. The van der Waals surface area contributed by atoms with Gasteiger partial charge in [0.2, 0.25) is 0 Å². The average molecular weight is 130 g/mol. The molecule has 0 spiro atoms. The molecule has 0 bridgehead atoms. The molecule has 3 nitrogen and oxygen atoms in total. The van der Waals surface area contributed by atoms with Crippen LogP contribution in [0.25, 0.3) is 0 Å². The zero-order valence-corrected chi connectivity index (χ0v) is 4.44. The van der Waals surface area contributed by atoms with Crippen LogP contribution in [0.5, 0.6) is 0 Å². The minimum atomic E-state index is -0.495. The van der Waals surface area contributed by atoms with Crippen molar-refractivity contribution in [2.45, 2.75) is 0 Å². The van der Waals surface area contributed by atoms with Crippen LogP contribution in [0, 0.1) is 0 Å². The largest absolute Gasteiger partial charge is 0.352 e. The van der Waals surface area contributed by atoms with E-state index >= 15 is 0 Å². The van der Waals surface area contributed by atoms with Crippen LogP contribution in [-0.4, -0.2) is 13.1 Å². The Labute approximate surface area is 46.8 Å². The van der Waals surface area contributed by atoms with Gasteiger partial charge in [-0.25, -0.2) is 4.79 Å². The molecule has 0 unspecified atom stereocenters. The molecule has 0 aliphatic heterocycles. The maximum absolute atomic E-state index is 9.48. The van der Waals surface area contributed by atoms with Gasteiger partial charge in [0.25, 0.3) is 0 Å². The van der Waals surface area contributed by atoms with Crippen LogP contribution in [-0.2, 0) is 17.1 Å². The third-order valence-corrected chi connectivity index (χ3v) is 0.246. The SMILES string of the molecule is CNC(N)=O.[Fe]. The molecule has 38 valence electrons. The van der Waals surface area contributed by atoms with E-state index in [9.17, 15) is 4.79 Å². The second kappa shape index (κ2) is 4.79. The Hall–Kier alpha value is -0.211. The smallest absolute Gasteiger partial charge is 0.311 e. The predicted molar refractivity (Wildman–Crippen MR) is 18.6 cm³/mol. The van der Waals surface area contributed by atoms with Crippen molar-refractivity contribution in [3.8, 4) is 0 Å². The summed E-state index contributed by atoms with van der Waals surface area (Å²) in [5, 5.41) is 2.17. The summed E-state index contributed by atoms with van der Waals surface area (Å²) in [5.41, 5.74) is 4.54. The second-order valence-electron chi connectivity index (χ2n) is 0.614. The Balaban J connectivity index is 0. The van der Waals surface area contributed by atoms with Crippen LogP contribution in [0.1, 0.15) is 0 Å². The topological polar surface area (TPSA) is 55.1 Å². The summed E-state index contributed by atoms with van der Waals surface area (Å²) >= 11 is 0. The fourth-order valence-electron chi connectivity index (χ4n) is 0. The van der Waals surface area contributed by atoms with Gasteiger partial charge in [-0.15, -0.1) is 0 Å². The van der Waals surface area contributed by atoms with Gasteiger partial charge in [-0.3, -0.25) is 0 Å². The molecule has 0 aromatic heterocycles. The molecular formula is C2H6FeN2O. The molecule has 0 saturated carbocycles. The van der Waals surface area contributed by atoms with Crippen LogP contribution in [0.4, 0.5) is 4.79 Å². The van der Waals surface area contributed by atoms with Crippen molar-refractivity contribution in [1.29, 1.82) is 0 Å². The minimum Gasteiger partial charge on any atom is -0.352 e. The summed E-state index contributed by atoms with van der Waals surface area (Å²) in [6, 6.07) is -0.495. The standard InChI is InChI=1S/C2H6N2O.Fe/c1-4-2(3)5;/h1H3,(H3,3,4,5);. The second-order valence-corrected chi connectivity index (χ2v) is 0.614. The van der Waals surface area contributed by atoms with E-state index in [1.807, 2.05) is 0 Å². The zero-order chi connectivity index (χ0) is 4.28. The maximum atomic E-state index is 9.48. The van der Waals surface area contributed by atoms with E-state index in [0.29, 0.717) is 0 Å². The van der Waals surface area contributed by atoms with Crippen molar-refractivity contribution < 1.29 is 21.9 Å². The summed E-state index contributed by atoms with van der Waals surface area (Å²) in [7, 11) is 1.47. The monoisotopic (exact) mass is 130 g/mol. The average Bonchev–Trinajstić information content (AvgIpc) is 1.38. The Morgan fingerprint density at radius 3 is 2.00 bits per heavy atom. The third-order valence-electron chi connectivity index (χ3n) is 0.246. The van der Waals surface area contributed by atoms with E-state index in [1.54, 1.807) is 0 Å². The Morgan fingerprint density at radius 2 is 2.00 bits per heavy atom. The number of carbonyl (C=O) groups is 1. The van der Waals surface area contributed by atoms with Gasteiger partial charge in [0.1, 0.15) is 0 Å². The number of primary amides is 1. The van der Waals surface area contributed by atoms with E-state index in [1.165, 1.54) is 7.05 Å². The van der Waals surface area contributed by atoms with Crippen LogP contribution in [0.2, 0.25) is 0 Å². The van der Waals surface area contributed by atoms with Crippen molar-refractivity contribution in [1.82, 2.24) is 5.32 Å². The predicted octanol–water partition coefficient (Wildman–Crippen LogP) is -0.718. The molecule has 2 amide bonds. The van der Waals surface area contributed by atoms with Crippen molar-refractivity contribution in [3.63, 3.8) is 0 Å². The van der Waals surface area contributed by atoms with Gasteiger partial charge in [-0.1, -0.05) is 0 Å². The van der Waals surface area contributed by atoms with Gasteiger partial charge in [0.05, 0.1) is 0 Å². The van der Waals surface area contributed by atoms with Crippen molar-refractivity contribution >= 4 is 6.03 Å². The first-order valence-electron chi connectivity index (χ1n) is 1.24. The Bertz CT molecular complexity index is 46.8. The number of carbonyl (C=O) groups excluding carboxylic acids is 1. The molecule has 0 aromatic rings. The zero-order valence-electron chi connectivity index (χ0n) is 3.34. The van der Waals surface area contributed by atoms with Gasteiger partial charge in [-0.2, -0.15) is 0 Å². The van der Waals surface area contributed by atoms with E-state index in [0.717, 1.165) is 0 Å². The van der Waals surface area contributed by atoms with Crippen LogP contribution >= 0.6 is 0 Å². The quantitative estimate of drug-likeness (QED) is 0.417. The molecule has 0 saturated heterocycles. The van der Waals surface area contributed by atoms with E-state index in [2.05, 4.69) is 11.1 Å². The van der Waals surface area contributed by atoms with E-state index < -0.39 is 6.03 Å². The Morgan fingerprint density at radius 1 is 1.83 bits per heavy atom. The first-order valence-corrected chi connectivity index (χ1v) is 1.24. The number of urea groups is 1. The number of nitrogens with one attached hydrogen (secondary N) is 1. The number of rotatable bonds is 0. The number of hydrogen-bond acceptors (Lipinski definition) is 1. The first-order chi connectivity index (χ1) is 2.27. The van der Waals surface area contributed by atoms with Crippen molar-refractivity contribution in [2.75, 3.05) is 7.05 Å². The van der Waals surface area contributed by atoms with Gasteiger partial charge < -0.3 is 11.1 Å².